The molecule has 17 heavy (non-hydrogen) atoms. The molecular weight excluding hydrogens is 260 g/mol. The van der Waals surface area contributed by atoms with Gasteiger partial charge in [0.2, 0.25) is 0 Å². The molecule has 0 aliphatic heterocycles. The molecule has 0 radical (unpaired) electrons. The fourth-order valence-corrected chi connectivity index (χ4v) is 2.03. The first-order chi connectivity index (χ1) is 8.18. The molecule has 1 atom stereocenters. The van der Waals surface area contributed by atoms with E-state index in [0.717, 1.165) is 17.1 Å². The Kier molecular flexibility index (Phi) is 3.71. The Bertz CT molecular complexity index is 516. The minimum absolute atomic E-state index is 0.379. The highest BCUT2D eigenvalue weighted by molar-refractivity contribution is 7.07. The lowest BCUT2D eigenvalue weighted by atomic mass is 10.1. The summed E-state index contributed by atoms with van der Waals surface area (Å²) in [6.07, 6.45) is 0.977. The van der Waals surface area contributed by atoms with Crippen molar-refractivity contribution in [2.45, 2.75) is 13.0 Å². The summed E-state index contributed by atoms with van der Waals surface area (Å²) < 4.78 is 8.87. The van der Waals surface area contributed by atoms with E-state index < -0.39 is 12.1 Å². The number of benzene rings is 1. The normalized spacial score (nSPS) is 12.1. The molecule has 2 aromatic rings. The molecule has 0 saturated carbocycles. The van der Waals surface area contributed by atoms with Crippen molar-refractivity contribution in [1.29, 1.82) is 0 Å². The Morgan fingerprint density at radius 3 is 2.88 bits per heavy atom. The molecule has 1 heterocycles. The molecule has 0 unspecified atom stereocenters. The molecule has 0 fully saturated rings. The second-order valence-corrected chi connectivity index (χ2v) is 4.54. The fraction of sp³-hybridized carbons (Fsp3) is 0.182. The monoisotopic (exact) mass is 268 g/mol. The zero-order valence-electron chi connectivity index (χ0n) is 8.96. The third kappa shape index (κ3) is 2.81. The molecule has 1 aromatic heterocycles. The van der Waals surface area contributed by atoms with E-state index in [2.05, 4.69) is 9.59 Å². The highest BCUT2D eigenvalue weighted by Crippen LogP contribution is 2.25. The fourth-order valence-electron chi connectivity index (χ4n) is 1.34. The summed E-state index contributed by atoms with van der Waals surface area (Å²) in [4.78, 5) is 12.0. The second kappa shape index (κ2) is 5.25. The van der Waals surface area contributed by atoms with Crippen LogP contribution in [0.4, 0.5) is 0 Å². The average Bonchev–Trinajstić information content (AvgIpc) is 2.82. The maximum Gasteiger partial charge on any atom is 0.352 e. The van der Waals surface area contributed by atoms with E-state index in [4.69, 9.17) is 16.3 Å². The quantitative estimate of drug-likeness (QED) is 0.803. The minimum atomic E-state index is -0.438. The SMILES string of the molecule is C[C@@H](OC(=O)c1cnns1)c1ccccc1Cl. The third-order valence-electron chi connectivity index (χ3n) is 2.19. The summed E-state index contributed by atoms with van der Waals surface area (Å²) in [6, 6.07) is 7.26. The lowest BCUT2D eigenvalue weighted by molar-refractivity contribution is 0.0344. The van der Waals surface area contributed by atoms with Gasteiger partial charge in [0.1, 0.15) is 6.10 Å². The van der Waals surface area contributed by atoms with E-state index in [1.54, 1.807) is 13.0 Å². The lowest BCUT2D eigenvalue weighted by Crippen LogP contribution is -2.08. The maximum absolute atomic E-state index is 11.7. The largest absolute Gasteiger partial charge is 0.453 e. The third-order valence-corrected chi connectivity index (χ3v) is 3.18. The standard InChI is InChI=1S/C11H9ClN2O2S/c1-7(8-4-2-3-5-9(8)12)16-11(15)10-6-13-14-17-10/h2-7H,1H3/t7-/m1/s1. The second-order valence-electron chi connectivity index (χ2n) is 3.35. The van der Waals surface area contributed by atoms with Crippen LogP contribution in [0.5, 0.6) is 0 Å². The van der Waals surface area contributed by atoms with Gasteiger partial charge in [-0.15, -0.1) is 5.10 Å². The number of halogens is 1. The van der Waals surface area contributed by atoms with Crippen LogP contribution in [0.2, 0.25) is 5.02 Å². The van der Waals surface area contributed by atoms with Crippen molar-refractivity contribution in [1.82, 2.24) is 9.59 Å². The van der Waals surface area contributed by atoms with Crippen LogP contribution in [0.25, 0.3) is 0 Å². The van der Waals surface area contributed by atoms with Gasteiger partial charge in [-0.2, -0.15) is 0 Å². The van der Waals surface area contributed by atoms with E-state index in [9.17, 15) is 4.79 Å². The Labute approximate surface area is 107 Å². The molecule has 0 N–H and O–H groups in total. The van der Waals surface area contributed by atoms with Crippen LogP contribution in [-0.4, -0.2) is 15.6 Å². The maximum atomic E-state index is 11.7. The number of esters is 1. The smallest absolute Gasteiger partial charge is 0.352 e. The summed E-state index contributed by atoms with van der Waals surface area (Å²) in [5, 5.41) is 4.16. The molecule has 4 nitrogen and oxygen atoms in total. The van der Waals surface area contributed by atoms with Gasteiger partial charge >= 0.3 is 5.97 Å². The first-order valence-electron chi connectivity index (χ1n) is 4.91. The van der Waals surface area contributed by atoms with Gasteiger partial charge in [-0.1, -0.05) is 34.3 Å². The van der Waals surface area contributed by atoms with Crippen molar-refractivity contribution < 1.29 is 9.53 Å². The van der Waals surface area contributed by atoms with Crippen molar-refractivity contribution in [2.75, 3.05) is 0 Å². The number of carbonyl (C=O) groups excluding carboxylic acids is 1. The van der Waals surface area contributed by atoms with Gasteiger partial charge in [0.25, 0.3) is 0 Å². The lowest BCUT2D eigenvalue weighted by Gasteiger charge is -2.13. The topological polar surface area (TPSA) is 52.1 Å². The van der Waals surface area contributed by atoms with Gasteiger partial charge in [-0.05, 0) is 24.5 Å². The van der Waals surface area contributed by atoms with E-state index in [1.165, 1.54) is 6.20 Å². The van der Waals surface area contributed by atoms with Gasteiger partial charge in [0.15, 0.2) is 4.88 Å². The highest BCUT2D eigenvalue weighted by Gasteiger charge is 2.17. The van der Waals surface area contributed by atoms with Crippen molar-refractivity contribution in [3.8, 4) is 0 Å². The molecule has 6 heteroatoms. The predicted octanol–water partition coefficient (Wildman–Crippen LogP) is 3.11. The number of rotatable bonds is 3. The first-order valence-corrected chi connectivity index (χ1v) is 6.06. The van der Waals surface area contributed by atoms with Gasteiger partial charge < -0.3 is 4.74 Å². The minimum Gasteiger partial charge on any atom is -0.453 e. The van der Waals surface area contributed by atoms with Gasteiger partial charge in [0, 0.05) is 10.6 Å². The van der Waals surface area contributed by atoms with Crippen LogP contribution in [0.1, 0.15) is 28.3 Å². The van der Waals surface area contributed by atoms with E-state index in [1.807, 2.05) is 18.2 Å². The Morgan fingerprint density at radius 1 is 1.47 bits per heavy atom. The molecule has 0 spiro atoms. The van der Waals surface area contributed by atoms with Crippen molar-refractivity contribution >= 4 is 29.1 Å². The number of hydrogen-bond acceptors (Lipinski definition) is 5. The predicted molar refractivity (Wildman–Crippen MR) is 65.2 cm³/mol. The van der Waals surface area contributed by atoms with Crippen molar-refractivity contribution in [3.05, 3.63) is 45.9 Å². The molecule has 0 bridgehead atoms. The van der Waals surface area contributed by atoms with E-state index in [-0.39, 0.29) is 0 Å². The Morgan fingerprint density at radius 2 is 2.24 bits per heavy atom. The van der Waals surface area contributed by atoms with Gasteiger partial charge in [0.05, 0.1) is 6.20 Å². The summed E-state index contributed by atoms with van der Waals surface area (Å²) >= 11 is 7.02. The van der Waals surface area contributed by atoms with Crippen LogP contribution in [-0.2, 0) is 4.74 Å². The van der Waals surface area contributed by atoms with Crippen LogP contribution in [0.3, 0.4) is 0 Å². The summed E-state index contributed by atoms with van der Waals surface area (Å²) in [6.45, 7) is 1.77. The molecule has 0 amide bonds. The molecular formula is C11H9ClN2O2S. The highest BCUT2D eigenvalue weighted by atomic mass is 35.5. The van der Waals surface area contributed by atoms with Crippen molar-refractivity contribution in [3.63, 3.8) is 0 Å². The zero-order valence-corrected chi connectivity index (χ0v) is 10.5. The number of ether oxygens (including phenoxy) is 1. The van der Waals surface area contributed by atoms with Crippen LogP contribution < -0.4 is 0 Å². The van der Waals surface area contributed by atoms with Gasteiger partial charge in [-0.3, -0.25) is 0 Å². The Balaban J connectivity index is 2.10. The molecule has 2 rings (SSSR count). The summed E-state index contributed by atoms with van der Waals surface area (Å²) in [5.41, 5.74) is 0.778. The number of hydrogen-bond donors (Lipinski definition) is 0. The molecule has 0 aliphatic rings. The van der Waals surface area contributed by atoms with Crippen LogP contribution in [0, 0.1) is 0 Å². The van der Waals surface area contributed by atoms with Crippen LogP contribution >= 0.6 is 23.1 Å². The first kappa shape index (κ1) is 12.0. The van der Waals surface area contributed by atoms with E-state index >= 15 is 0 Å². The number of nitrogens with zero attached hydrogens (tertiary/aromatic N) is 2. The van der Waals surface area contributed by atoms with Gasteiger partial charge in [-0.25, -0.2) is 4.79 Å². The summed E-state index contributed by atoms with van der Waals surface area (Å²) in [7, 11) is 0. The number of aromatic nitrogens is 2. The Hall–Kier alpha value is -1.46. The molecule has 0 saturated heterocycles. The summed E-state index contributed by atoms with van der Waals surface area (Å²) in [5.74, 6) is -0.438. The van der Waals surface area contributed by atoms with Crippen molar-refractivity contribution in [2.24, 2.45) is 0 Å². The number of carbonyl (C=O) groups is 1. The zero-order chi connectivity index (χ0) is 12.3. The van der Waals surface area contributed by atoms with Crippen LogP contribution in [0.15, 0.2) is 30.5 Å². The molecule has 1 aromatic carbocycles. The van der Waals surface area contributed by atoms with E-state index in [0.29, 0.717) is 9.90 Å². The molecule has 0 aliphatic carbocycles. The average molecular weight is 269 g/mol. The molecule has 88 valence electrons.